The van der Waals surface area contributed by atoms with Gasteiger partial charge in [-0.3, -0.25) is 0 Å². The van der Waals surface area contributed by atoms with Crippen molar-refractivity contribution in [2.75, 3.05) is 40.3 Å². The van der Waals surface area contributed by atoms with Gasteiger partial charge in [0.15, 0.2) is 0 Å². The summed E-state index contributed by atoms with van der Waals surface area (Å²) in [6, 6.07) is 0. The van der Waals surface area contributed by atoms with Gasteiger partial charge in [0.05, 0.1) is 0 Å². The van der Waals surface area contributed by atoms with Crippen molar-refractivity contribution in [2.24, 2.45) is 11.1 Å². The summed E-state index contributed by atoms with van der Waals surface area (Å²) in [6.45, 7) is 8.55. The second kappa shape index (κ2) is 7.21. The Bertz CT molecular complexity index is 132. The Labute approximate surface area is 89.0 Å². The molecule has 3 N–H and O–H groups in total. The third-order valence-corrected chi connectivity index (χ3v) is 2.49. The molecular formula is C11H27N3. The van der Waals surface area contributed by atoms with E-state index in [0.29, 0.717) is 0 Å². The van der Waals surface area contributed by atoms with Crippen molar-refractivity contribution in [3.8, 4) is 0 Å². The molecule has 0 saturated carbocycles. The summed E-state index contributed by atoms with van der Waals surface area (Å²) in [5.74, 6) is 0. The fraction of sp³-hybridized carbons (Fsp3) is 1.00. The largest absolute Gasteiger partial charge is 0.330 e. The van der Waals surface area contributed by atoms with Crippen LogP contribution in [-0.2, 0) is 0 Å². The Hall–Kier alpha value is -0.120. The molecule has 86 valence electrons. The van der Waals surface area contributed by atoms with Crippen LogP contribution in [0.4, 0.5) is 0 Å². The predicted octanol–water partition coefficient (Wildman–Crippen LogP) is 0.903. The molecule has 0 spiro atoms. The number of nitrogens with one attached hydrogen (secondary N) is 1. The van der Waals surface area contributed by atoms with Crippen LogP contribution in [0.5, 0.6) is 0 Å². The molecule has 0 aliphatic carbocycles. The van der Waals surface area contributed by atoms with Gasteiger partial charge in [-0.15, -0.1) is 0 Å². The fourth-order valence-corrected chi connectivity index (χ4v) is 1.17. The standard InChI is InChI=1S/C11H27N3/c1-11(2,10-12)6-8-13-7-5-9-14(3)4/h13H,5-10,12H2,1-4H3. The first-order chi connectivity index (χ1) is 6.48. The summed E-state index contributed by atoms with van der Waals surface area (Å²) < 4.78 is 0. The number of nitrogens with zero attached hydrogens (tertiary/aromatic N) is 1. The van der Waals surface area contributed by atoms with E-state index >= 15 is 0 Å². The molecule has 14 heavy (non-hydrogen) atoms. The Morgan fingerprint density at radius 2 is 1.86 bits per heavy atom. The first-order valence-corrected chi connectivity index (χ1v) is 5.53. The summed E-state index contributed by atoms with van der Waals surface area (Å²) in [7, 11) is 4.22. The van der Waals surface area contributed by atoms with E-state index in [1.807, 2.05) is 0 Å². The van der Waals surface area contributed by atoms with Gasteiger partial charge in [-0.25, -0.2) is 0 Å². The zero-order chi connectivity index (χ0) is 11.0. The first kappa shape index (κ1) is 13.9. The summed E-state index contributed by atoms with van der Waals surface area (Å²) in [5.41, 5.74) is 5.94. The zero-order valence-corrected chi connectivity index (χ0v) is 10.3. The van der Waals surface area contributed by atoms with Crippen LogP contribution in [0.25, 0.3) is 0 Å². The normalized spacial score (nSPS) is 12.4. The van der Waals surface area contributed by atoms with Crippen molar-refractivity contribution in [3.63, 3.8) is 0 Å². The van der Waals surface area contributed by atoms with E-state index in [4.69, 9.17) is 5.73 Å². The van der Waals surface area contributed by atoms with Crippen molar-refractivity contribution < 1.29 is 0 Å². The lowest BCUT2D eigenvalue weighted by Gasteiger charge is -2.22. The van der Waals surface area contributed by atoms with E-state index in [0.717, 1.165) is 32.6 Å². The van der Waals surface area contributed by atoms with Gasteiger partial charge in [-0.2, -0.15) is 0 Å². The van der Waals surface area contributed by atoms with E-state index in [9.17, 15) is 0 Å². The smallest absolute Gasteiger partial charge is 0.00127 e. The molecule has 0 atom stereocenters. The molecule has 0 aliphatic rings. The second-order valence-electron chi connectivity index (χ2n) is 5.03. The van der Waals surface area contributed by atoms with Gasteiger partial charge in [0, 0.05) is 0 Å². The van der Waals surface area contributed by atoms with Crippen molar-refractivity contribution in [3.05, 3.63) is 0 Å². The number of rotatable bonds is 8. The van der Waals surface area contributed by atoms with Crippen molar-refractivity contribution in [2.45, 2.75) is 26.7 Å². The van der Waals surface area contributed by atoms with Gasteiger partial charge in [0.2, 0.25) is 0 Å². The van der Waals surface area contributed by atoms with Crippen molar-refractivity contribution in [1.82, 2.24) is 10.2 Å². The Morgan fingerprint density at radius 3 is 2.36 bits per heavy atom. The third kappa shape index (κ3) is 8.48. The Balaban J connectivity index is 3.21. The van der Waals surface area contributed by atoms with Crippen molar-refractivity contribution >= 4 is 0 Å². The minimum absolute atomic E-state index is 0.286. The topological polar surface area (TPSA) is 41.3 Å². The van der Waals surface area contributed by atoms with Gasteiger partial charge >= 0.3 is 0 Å². The number of nitrogens with two attached hydrogens (primary N) is 1. The molecule has 0 amide bonds. The molecule has 0 aromatic carbocycles. The predicted molar refractivity (Wildman–Crippen MR) is 63.5 cm³/mol. The average molecular weight is 201 g/mol. The van der Waals surface area contributed by atoms with Gasteiger partial charge in [0.25, 0.3) is 0 Å². The summed E-state index contributed by atoms with van der Waals surface area (Å²) >= 11 is 0. The van der Waals surface area contributed by atoms with Crippen LogP contribution < -0.4 is 11.1 Å². The molecule has 0 aliphatic heterocycles. The molecule has 0 unspecified atom stereocenters. The number of hydrogen-bond acceptors (Lipinski definition) is 3. The van der Waals surface area contributed by atoms with Gasteiger partial charge < -0.3 is 16.0 Å². The second-order valence-corrected chi connectivity index (χ2v) is 5.03. The quantitative estimate of drug-likeness (QED) is 0.573. The summed E-state index contributed by atoms with van der Waals surface area (Å²) in [6.07, 6.45) is 2.38. The molecule has 0 aromatic rings. The monoisotopic (exact) mass is 201 g/mol. The van der Waals surface area contributed by atoms with Gasteiger partial charge in [-0.05, 0) is 58.5 Å². The highest BCUT2D eigenvalue weighted by Gasteiger charge is 2.13. The SMILES string of the molecule is CN(C)CCCNCCC(C)(C)CN. The summed E-state index contributed by atoms with van der Waals surface area (Å²) in [5, 5.41) is 3.45. The van der Waals surface area contributed by atoms with Gasteiger partial charge in [0.1, 0.15) is 0 Å². The van der Waals surface area contributed by atoms with Crippen LogP contribution in [0.2, 0.25) is 0 Å². The fourth-order valence-electron chi connectivity index (χ4n) is 1.17. The van der Waals surface area contributed by atoms with E-state index in [-0.39, 0.29) is 5.41 Å². The van der Waals surface area contributed by atoms with E-state index in [2.05, 4.69) is 38.2 Å². The lowest BCUT2D eigenvalue weighted by Crippen LogP contribution is -2.29. The molecule has 0 aromatic heterocycles. The Kier molecular flexibility index (Phi) is 7.15. The van der Waals surface area contributed by atoms with E-state index in [1.54, 1.807) is 0 Å². The lowest BCUT2D eigenvalue weighted by molar-refractivity contribution is 0.335. The van der Waals surface area contributed by atoms with Crippen LogP contribution in [0.15, 0.2) is 0 Å². The molecule has 3 heteroatoms. The molecular weight excluding hydrogens is 174 g/mol. The zero-order valence-electron chi connectivity index (χ0n) is 10.3. The van der Waals surface area contributed by atoms with Crippen LogP contribution in [0.3, 0.4) is 0 Å². The molecule has 0 fully saturated rings. The summed E-state index contributed by atoms with van der Waals surface area (Å²) in [4.78, 5) is 2.21. The van der Waals surface area contributed by atoms with Crippen LogP contribution in [0.1, 0.15) is 26.7 Å². The molecule has 0 heterocycles. The van der Waals surface area contributed by atoms with Crippen LogP contribution in [-0.4, -0.2) is 45.2 Å². The maximum absolute atomic E-state index is 5.65. The highest BCUT2D eigenvalue weighted by atomic mass is 15.0. The minimum Gasteiger partial charge on any atom is -0.330 e. The van der Waals surface area contributed by atoms with Crippen LogP contribution in [0, 0.1) is 5.41 Å². The van der Waals surface area contributed by atoms with Crippen LogP contribution >= 0.6 is 0 Å². The minimum atomic E-state index is 0.286. The Morgan fingerprint density at radius 1 is 1.21 bits per heavy atom. The van der Waals surface area contributed by atoms with Crippen molar-refractivity contribution in [1.29, 1.82) is 0 Å². The van der Waals surface area contributed by atoms with E-state index < -0.39 is 0 Å². The molecule has 3 nitrogen and oxygen atoms in total. The maximum atomic E-state index is 5.65. The molecule has 0 rings (SSSR count). The third-order valence-electron chi connectivity index (χ3n) is 2.49. The molecule has 0 bridgehead atoms. The average Bonchev–Trinajstić information content (AvgIpc) is 2.10. The first-order valence-electron chi connectivity index (χ1n) is 5.53. The highest BCUT2D eigenvalue weighted by Crippen LogP contribution is 2.16. The number of hydrogen-bond donors (Lipinski definition) is 2. The highest BCUT2D eigenvalue weighted by molar-refractivity contribution is 4.70. The molecule has 0 radical (unpaired) electrons. The molecule has 0 saturated heterocycles. The lowest BCUT2D eigenvalue weighted by atomic mass is 9.90. The van der Waals surface area contributed by atoms with Gasteiger partial charge in [-0.1, -0.05) is 13.8 Å². The van der Waals surface area contributed by atoms with E-state index in [1.165, 1.54) is 6.42 Å². The maximum Gasteiger partial charge on any atom is -0.00127 e.